The van der Waals surface area contributed by atoms with Crippen LogP contribution in [0.2, 0.25) is 0 Å². The van der Waals surface area contributed by atoms with E-state index < -0.39 is 11.6 Å². The van der Waals surface area contributed by atoms with Crippen molar-refractivity contribution in [1.82, 2.24) is 29.4 Å². The summed E-state index contributed by atoms with van der Waals surface area (Å²) in [4.78, 5) is 29.0. The van der Waals surface area contributed by atoms with Gasteiger partial charge in [-0.2, -0.15) is 10.2 Å². The molecular weight excluding hydrogens is 722 g/mol. The first kappa shape index (κ1) is 39.3. The Morgan fingerprint density at radius 3 is 1.96 bits per heavy atom. The Morgan fingerprint density at radius 2 is 1.25 bits per heavy atom. The van der Waals surface area contributed by atoms with Crippen LogP contribution in [0.15, 0.2) is 115 Å². The van der Waals surface area contributed by atoms with Crippen molar-refractivity contribution in [3.05, 3.63) is 167 Å². The summed E-state index contributed by atoms with van der Waals surface area (Å²) in [5, 5.41) is 8.93. The number of benzene rings is 4. The Morgan fingerprint density at radius 1 is 0.625 bits per heavy atom. The van der Waals surface area contributed by atoms with E-state index in [0.29, 0.717) is 60.3 Å². The van der Waals surface area contributed by atoms with Gasteiger partial charge in [-0.05, 0) is 66.6 Å². The Hall–Kier alpha value is -6.37. The summed E-state index contributed by atoms with van der Waals surface area (Å²) in [5.74, 6) is -1.23. The third kappa shape index (κ3) is 9.64. The second kappa shape index (κ2) is 18.3. The fraction of sp³-hybridized carbons (Fsp3) is 0.256. The van der Waals surface area contributed by atoms with Gasteiger partial charge in [-0.1, -0.05) is 74.5 Å². The van der Waals surface area contributed by atoms with Crippen molar-refractivity contribution in [1.29, 1.82) is 0 Å². The molecule has 0 N–H and O–H groups in total. The van der Waals surface area contributed by atoms with Gasteiger partial charge in [0.25, 0.3) is 11.8 Å². The molecule has 8 rings (SSSR count). The van der Waals surface area contributed by atoms with Gasteiger partial charge in [-0.3, -0.25) is 19.0 Å². The number of carbonyl (C=O) groups excluding carboxylic acids is 2. The van der Waals surface area contributed by atoms with Gasteiger partial charge in [0.05, 0.1) is 12.6 Å². The highest BCUT2D eigenvalue weighted by Gasteiger charge is 2.31. The molecule has 2 aliphatic rings. The average Bonchev–Trinajstić information content (AvgIpc) is 3.85. The molecule has 0 fully saturated rings. The van der Waals surface area contributed by atoms with Gasteiger partial charge in [0.1, 0.15) is 53.3 Å². The van der Waals surface area contributed by atoms with Gasteiger partial charge in [0.15, 0.2) is 11.6 Å². The zero-order chi connectivity index (χ0) is 39.6. The Balaban J connectivity index is 0.000000182. The summed E-state index contributed by atoms with van der Waals surface area (Å²) in [6.45, 7) is 8.87. The van der Waals surface area contributed by atoms with E-state index in [1.165, 1.54) is 18.2 Å². The Kier molecular flexibility index (Phi) is 12.9. The maximum Gasteiger partial charge on any atom is 0.272 e. The summed E-state index contributed by atoms with van der Waals surface area (Å²) >= 11 is 0. The van der Waals surface area contributed by atoms with E-state index in [9.17, 15) is 22.8 Å². The van der Waals surface area contributed by atoms with E-state index in [4.69, 9.17) is 9.47 Å². The van der Waals surface area contributed by atoms with E-state index in [1.54, 1.807) is 38.5 Å². The predicted molar refractivity (Wildman–Crippen MR) is 204 cm³/mol. The Labute approximate surface area is 323 Å². The van der Waals surface area contributed by atoms with E-state index in [0.717, 1.165) is 23.4 Å². The minimum absolute atomic E-state index is 0.0403. The minimum atomic E-state index is -0.914. The SMILES string of the molecule is CC.CC1CN(Cc2ccccc2)C(=O)c2cc(COc3cccc(F)c3)nn21.O=C1c2cc(COc3ccccc3)nn2CCN1Cc1ccc(F)c(F)c1. The van der Waals surface area contributed by atoms with Crippen molar-refractivity contribution in [2.45, 2.75) is 59.7 Å². The standard InChI is InChI=1S/C21H20FN3O2.C20H17F2N3O2.C2H6/c1-15-12-24(13-16-6-3-2-4-7-16)21(26)20-11-18(23-25(15)20)14-27-19-9-5-8-17(22)10-19;21-17-7-6-14(10-18(17)22)12-24-8-9-25-19(20(24)26)11-15(23-25)13-27-16-4-2-1-3-5-16;1-2/h2-11,15H,12-14H2,1H3;1-7,10-11H,8-9,12-13H2;1-2H3. The molecule has 0 saturated heterocycles. The molecular formula is C43H43F3N6O4. The monoisotopic (exact) mass is 764 g/mol. The molecule has 10 nitrogen and oxygen atoms in total. The first-order valence-electron chi connectivity index (χ1n) is 18.5. The summed E-state index contributed by atoms with van der Waals surface area (Å²) < 4.78 is 54.4. The molecule has 290 valence electrons. The lowest BCUT2D eigenvalue weighted by molar-refractivity contribution is 0.0649. The zero-order valence-electron chi connectivity index (χ0n) is 31.4. The first-order valence-corrected chi connectivity index (χ1v) is 18.5. The maximum absolute atomic E-state index is 13.4. The number of rotatable bonds is 10. The van der Waals surface area contributed by atoms with Crippen LogP contribution in [0.1, 0.15) is 70.3 Å². The van der Waals surface area contributed by atoms with E-state index in [2.05, 4.69) is 10.2 Å². The average molecular weight is 765 g/mol. The van der Waals surface area contributed by atoms with Crippen molar-refractivity contribution in [3.63, 3.8) is 0 Å². The van der Waals surface area contributed by atoms with Crippen LogP contribution in [0.4, 0.5) is 13.2 Å². The number of amides is 2. The number of carbonyl (C=O) groups is 2. The third-order valence-electron chi connectivity index (χ3n) is 9.00. The molecule has 4 aromatic carbocycles. The lowest BCUT2D eigenvalue weighted by atomic mass is 10.1. The number of ether oxygens (including phenoxy) is 2. The maximum atomic E-state index is 13.4. The van der Waals surface area contributed by atoms with Crippen molar-refractivity contribution in [3.8, 4) is 11.5 Å². The van der Waals surface area contributed by atoms with Crippen molar-refractivity contribution >= 4 is 11.8 Å². The van der Waals surface area contributed by atoms with Crippen LogP contribution in [0.5, 0.6) is 11.5 Å². The first-order chi connectivity index (χ1) is 27.2. The van der Waals surface area contributed by atoms with Crippen molar-refractivity contribution in [2.24, 2.45) is 0 Å². The lowest BCUT2D eigenvalue weighted by Gasteiger charge is -2.31. The molecule has 2 aromatic heterocycles. The molecule has 0 saturated carbocycles. The summed E-state index contributed by atoms with van der Waals surface area (Å²) in [5.41, 5.74) is 3.98. The van der Waals surface area contributed by atoms with Gasteiger partial charge in [0.2, 0.25) is 0 Å². The molecule has 6 aromatic rings. The number of aromatic nitrogens is 4. The molecule has 2 amide bonds. The van der Waals surface area contributed by atoms with Crippen LogP contribution < -0.4 is 9.47 Å². The van der Waals surface area contributed by atoms with E-state index >= 15 is 0 Å². The molecule has 0 radical (unpaired) electrons. The number of hydrogen-bond donors (Lipinski definition) is 0. The normalized spacial score (nSPS) is 14.5. The second-order valence-electron chi connectivity index (χ2n) is 13.1. The van der Waals surface area contributed by atoms with Crippen molar-refractivity contribution in [2.75, 3.05) is 13.1 Å². The van der Waals surface area contributed by atoms with Gasteiger partial charge in [-0.25, -0.2) is 13.2 Å². The van der Waals surface area contributed by atoms with Gasteiger partial charge in [-0.15, -0.1) is 0 Å². The summed E-state index contributed by atoms with van der Waals surface area (Å²) in [6.07, 6.45) is 0. The smallest absolute Gasteiger partial charge is 0.272 e. The molecule has 4 heterocycles. The highest BCUT2D eigenvalue weighted by molar-refractivity contribution is 5.94. The molecule has 0 bridgehead atoms. The van der Waals surface area contributed by atoms with Gasteiger partial charge in [0, 0.05) is 32.2 Å². The molecule has 0 aliphatic carbocycles. The fourth-order valence-corrected chi connectivity index (χ4v) is 6.35. The van der Waals surface area contributed by atoms with Crippen LogP contribution in [0, 0.1) is 17.5 Å². The molecule has 1 unspecified atom stereocenters. The highest BCUT2D eigenvalue weighted by atomic mass is 19.2. The fourth-order valence-electron chi connectivity index (χ4n) is 6.35. The van der Waals surface area contributed by atoms with Crippen LogP contribution in [-0.4, -0.2) is 54.3 Å². The molecule has 2 aliphatic heterocycles. The summed E-state index contributed by atoms with van der Waals surface area (Å²) in [6, 6.07) is 32.5. The number of hydrogen-bond acceptors (Lipinski definition) is 6. The van der Waals surface area contributed by atoms with Gasteiger partial charge >= 0.3 is 0 Å². The molecule has 56 heavy (non-hydrogen) atoms. The topological polar surface area (TPSA) is 94.7 Å². The quantitative estimate of drug-likeness (QED) is 0.140. The predicted octanol–water partition coefficient (Wildman–Crippen LogP) is 8.24. The van der Waals surface area contributed by atoms with E-state index in [1.807, 2.05) is 86.3 Å². The second-order valence-corrected chi connectivity index (χ2v) is 13.1. The number of fused-ring (bicyclic) bond motifs is 2. The molecule has 13 heteroatoms. The van der Waals surface area contributed by atoms with Gasteiger partial charge < -0.3 is 19.3 Å². The summed E-state index contributed by atoms with van der Waals surface area (Å²) in [7, 11) is 0. The largest absolute Gasteiger partial charge is 0.487 e. The number of halogens is 3. The Bertz CT molecular complexity index is 2250. The lowest BCUT2D eigenvalue weighted by Crippen LogP contribution is -2.41. The minimum Gasteiger partial charge on any atom is -0.487 e. The zero-order valence-corrected chi connectivity index (χ0v) is 31.4. The third-order valence-corrected chi connectivity index (χ3v) is 9.00. The van der Waals surface area contributed by atoms with Crippen molar-refractivity contribution < 1.29 is 32.2 Å². The van der Waals surface area contributed by atoms with Crippen LogP contribution in [0.25, 0.3) is 0 Å². The van der Waals surface area contributed by atoms with Crippen LogP contribution in [-0.2, 0) is 32.8 Å². The molecule has 0 spiro atoms. The number of nitrogens with zero attached hydrogens (tertiary/aromatic N) is 6. The highest BCUT2D eigenvalue weighted by Crippen LogP contribution is 2.24. The molecule has 1 atom stereocenters. The number of para-hydroxylation sites is 1. The van der Waals surface area contributed by atoms with E-state index in [-0.39, 0.29) is 43.4 Å². The van der Waals surface area contributed by atoms with Crippen LogP contribution >= 0.6 is 0 Å². The van der Waals surface area contributed by atoms with Crippen LogP contribution in [0.3, 0.4) is 0 Å².